The average Bonchev–Trinajstić information content (AvgIpc) is 2.88. The number of amides is 1. The summed E-state index contributed by atoms with van der Waals surface area (Å²) in [5.41, 5.74) is 2.82. The molecule has 1 aromatic carbocycles. The van der Waals surface area contributed by atoms with E-state index in [-0.39, 0.29) is 30.3 Å². The molecule has 1 aliphatic carbocycles. The first-order valence-corrected chi connectivity index (χ1v) is 12.5. The molecule has 0 radical (unpaired) electrons. The first kappa shape index (κ1) is 24.2. The van der Waals surface area contributed by atoms with Gasteiger partial charge in [0, 0.05) is 30.4 Å². The van der Waals surface area contributed by atoms with Crippen LogP contribution in [-0.4, -0.2) is 46.2 Å². The topological polar surface area (TPSA) is 118 Å². The minimum Gasteiger partial charge on any atom is -0.378 e. The molecule has 3 aromatic rings. The lowest BCUT2D eigenvalue weighted by Gasteiger charge is -2.35. The van der Waals surface area contributed by atoms with E-state index in [9.17, 15) is 14.1 Å². The van der Waals surface area contributed by atoms with Crippen molar-refractivity contribution in [3.63, 3.8) is 0 Å². The molecule has 10 heteroatoms. The molecular weight excluding hydrogens is 463 g/mol. The van der Waals surface area contributed by atoms with Gasteiger partial charge in [0.15, 0.2) is 0 Å². The fraction of sp³-hybridized carbons (Fsp3) is 0.462. The number of halogens is 1. The van der Waals surface area contributed by atoms with Crippen molar-refractivity contribution in [2.45, 2.75) is 57.1 Å². The maximum absolute atomic E-state index is 14.4. The van der Waals surface area contributed by atoms with Crippen LogP contribution in [0.4, 0.5) is 16.0 Å². The Morgan fingerprint density at radius 1 is 1.25 bits per heavy atom. The molecule has 1 aliphatic heterocycles. The standard InChI is InChI=1S/C26H29FN6O3/c27-20-4-1-5-21-23(20)25(30-15-29-21)32-22(26(34)33-35)10-12-36-19-13-16(14-19)6-8-18-9-7-17-3-2-11-28-24(17)31-18/h1,4-5,7,9,15-16,19,22H,2-3,6,8,10-14H2,(H,28,31)(H,29,30,32). The van der Waals surface area contributed by atoms with Crippen molar-refractivity contribution in [3.05, 3.63) is 58.6 Å². The predicted molar refractivity (Wildman–Crippen MR) is 134 cm³/mol. The first-order valence-electron chi connectivity index (χ1n) is 12.5. The van der Waals surface area contributed by atoms with E-state index in [2.05, 4.69) is 37.9 Å². The van der Waals surface area contributed by atoms with Gasteiger partial charge >= 0.3 is 5.91 Å². The van der Waals surface area contributed by atoms with Crippen LogP contribution in [0.25, 0.3) is 10.9 Å². The molecule has 36 heavy (non-hydrogen) atoms. The van der Waals surface area contributed by atoms with Crippen LogP contribution in [0.5, 0.6) is 0 Å². The summed E-state index contributed by atoms with van der Waals surface area (Å²) in [5, 5.41) is 8.97. The molecule has 1 amide bonds. The molecule has 1 fully saturated rings. The molecule has 3 heterocycles. The number of aryl methyl sites for hydroxylation is 2. The summed E-state index contributed by atoms with van der Waals surface area (Å²) in [6.45, 7) is 1.27. The highest BCUT2D eigenvalue weighted by Crippen LogP contribution is 2.34. The second kappa shape index (κ2) is 11.0. The molecular formula is C26H29FN6O3. The molecule has 2 aliphatic rings. The second-order valence-electron chi connectivity index (χ2n) is 9.48. The van der Waals surface area contributed by atoms with Crippen LogP contribution in [-0.2, 0) is 22.4 Å². The highest BCUT2D eigenvalue weighted by atomic mass is 19.1. The third-order valence-corrected chi connectivity index (χ3v) is 7.02. The van der Waals surface area contributed by atoms with E-state index in [1.165, 1.54) is 18.0 Å². The fourth-order valence-corrected chi connectivity index (χ4v) is 4.92. The van der Waals surface area contributed by atoms with Gasteiger partial charge in [0.2, 0.25) is 0 Å². The number of hydrogen-bond acceptors (Lipinski definition) is 8. The van der Waals surface area contributed by atoms with Gasteiger partial charge in [0.05, 0.1) is 17.0 Å². The molecule has 2 N–H and O–H groups in total. The Kier molecular flexibility index (Phi) is 7.41. The number of aromatic nitrogens is 3. The number of carbonyl (C=O) groups is 1. The summed E-state index contributed by atoms with van der Waals surface area (Å²) in [6, 6.07) is 7.85. The Morgan fingerprint density at radius 2 is 2.14 bits per heavy atom. The van der Waals surface area contributed by atoms with Gasteiger partial charge in [0.1, 0.15) is 29.8 Å². The summed E-state index contributed by atoms with van der Waals surface area (Å²) in [7, 11) is 0. The van der Waals surface area contributed by atoms with Gasteiger partial charge in [-0.15, -0.1) is 4.91 Å². The minimum absolute atomic E-state index is 0.130. The molecule has 0 bridgehead atoms. The first-order chi connectivity index (χ1) is 17.6. The lowest BCUT2D eigenvalue weighted by molar-refractivity contribution is -0.119. The summed E-state index contributed by atoms with van der Waals surface area (Å²) >= 11 is 0. The van der Waals surface area contributed by atoms with Crippen LogP contribution in [0.2, 0.25) is 0 Å². The molecule has 1 saturated carbocycles. The quantitative estimate of drug-likeness (QED) is 0.400. The van der Waals surface area contributed by atoms with Crippen LogP contribution in [0, 0.1) is 16.6 Å². The molecule has 1 unspecified atom stereocenters. The van der Waals surface area contributed by atoms with Crippen LogP contribution >= 0.6 is 0 Å². The number of pyridine rings is 1. The predicted octanol–water partition coefficient (Wildman–Crippen LogP) is 4.41. The van der Waals surface area contributed by atoms with Crippen molar-refractivity contribution in [1.82, 2.24) is 15.0 Å². The number of benzene rings is 1. The van der Waals surface area contributed by atoms with Crippen LogP contribution in [0.3, 0.4) is 0 Å². The Bertz CT molecular complexity index is 1240. The molecule has 0 spiro atoms. The third kappa shape index (κ3) is 5.48. The van der Waals surface area contributed by atoms with E-state index in [1.807, 2.05) is 0 Å². The number of hydrogen-bond donors (Lipinski definition) is 2. The number of nitrogens with one attached hydrogen (secondary N) is 2. The maximum Gasteiger partial charge on any atom is 0.308 e. The smallest absolute Gasteiger partial charge is 0.308 e. The summed E-state index contributed by atoms with van der Waals surface area (Å²) in [6.07, 6.45) is 7.81. The van der Waals surface area contributed by atoms with Crippen molar-refractivity contribution < 1.29 is 13.9 Å². The van der Waals surface area contributed by atoms with Crippen LogP contribution in [0.1, 0.15) is 43.4 Å². The highest BCUT2D eigenvalue weighted by molar-refractivity contribution is 5.92. The summed E-state index contributed by atoms with van der Waals surface area (Å²) < 4.78 is 20.3. The largest absolute Gasteiger partial charge is 0.378 e. The summed E-state index contributed by atoms with van der Waals surface area (Å²) in [4.78, 5) is 35.9. The molecule has 0 saturated heterocycles. The number of rotatable bonds is 10. The zero-order chi connectivity index (χ0) is 24.9. The monoisotopic (exact) mass is 492 g/mol. The number of anilines is 2. The van der Waals surface area contributed by atoms with E-state index in [1.54, 1.807) is 12.1 Å². The van der Waals surface area contributed by atoms with Gasteiger partial charge in [0.25, 0.3) is 0 Å². The SMILES string of the molecule is O=NC(=O)C(CCOC1CC(CCc2ccc3c(n2)NCCC3)C1)Nc1ncnc2cccc(F)c12. The van der Waals surface area contributed by atoms with Crippen LogP contribution in [0.15, 0.2) is 41.8 Å². The van der Waals surface area contributed by atoms with Crippen molar-refractivity contribution >= 4 is 28.4 Å². The number of nitrogens with zero attached hydrogens (tertiary/aromatic N) is 4. The van der Waals surface area contributed by atoms with E-state index >= 15 is 0 Å². The molecule has 5 rings (SSSR count). The Labute approximate surface area is 208 Å². The molecule has 1 atom stereocenters. The van der Waals surface area contributed by atoms with E-state index in [0.29, 0.717) is 11.4 Å². The van der Waals surface area contributed by atoms with Gasteiger partial charge in [-0.3, -0.25) is 4.79 Å². The molecule has 2 aromatic heterocycles. The number of carbonyl (C=O) groups excluding carboxylic acids is 1. The van der Waals surface area contributed by atoms with Crippen molar-refractivity contribution in [2.24, 2.45) is 11.1 Å². The second-order valence-corrected chi connectivity index (χ2v) is 9.48. The Balaban J connectivity index is 1.08. The van der Waals surface area contributed by atoms with E-state index in [4.69, 9.17) is 9.72 Å². The van der Waals surface area contributed by atoms with Gasteiger partial charge in [-0.1, -0.05) is 12.1 Å². The van der Waals surface area contributed by atoms with Crippen molar-refractivity contribution in [3.8, 4) is 0 Å². The van der Waals surface area contributed by atoms with Gasteiger partial charge < -0.3 is 15.4 Å². The van der Waals surface area contributed by atoms with Gasteiger partial charge in [-0.05, 0) is 68.2 Å². The maximum atomic E-state index is 14.4. The summed E-state index contributed by atoms with van der Waals surface area (Å²) in [5.74, 6) is 0.381. The van der Waals surface area contributed by atoms with E-state index in [0.717, 1.165) is 56.6 Å². The Morgan fingerprint density at radius 3 is 3.00 bits per heavy atom. The third-order valence-electron chi connectivity index (χ3n) is 7.02. The van der Waals surface area contributed by atoms with Crippen molar-refractivity contribution in [1.29, 1.82) is 0 Å². The number of fused-ring (bicyclic) bond motifs is 2. The fourth-order valence-electron chi connectivity index (χ4n) is 4.92. The Hall–Kier alpha value is -3.53. The lowest BCUT2D eigenvalue weighted by Crippen LogP contribution is -2.34. The van der Waals surface area contributed by atoms with Crippen LogP contribution < -0.4 is 10.6 Å². The molecule has 188 valence electrons. The van der Waals surface area contributed by atoms with Gasteiger partial charge in [-0.25, -0.2) is 19.3 Å². The minimum atomic E-state index is -0.959. The lowest BCUT2D eigenvalue weighted by atomic mass is 9.79. The zero-order valence-electron chi connectivity index (χ0n) is 20.0. The number of nitroso groups, excluding NO2 is 1. The number of ether oxygens (including phenoxy) is 1. The molecule has 9 nitrogen and oxygen atoms in total. The van der Waals surface area contributed by atoms with E-state index < -0.39 is 17.8 Å². The van der Waals surface area contributed by atoms with Gasteiger partial charge in [-0.2, -0.15) is 0 Å². The van der Waals surface area contributed by atoms with Crippen molar-refractivity contribution in [2.75, 3.05) is 23.8 Å². The normalized spacial score (nSPS) is 19.6. The highest BCUT2D eigenvalue weighted by Gasteiger charge is 2.30. The zero-order valence-corrected chi connectivity index (χ0v) is 20.0. The average molecular weight is 493 g/mol.